The molecule has 3 nitrogen and oxygen atoms in total. The maximum Gasteiger partial charge on any atom is 0.239 e. The van der Waals surface area contributed by atoms with Crippen molar-refractivity contribution >= 4 is 5.91 Å². The van der Waals surface area contributed by atoms with Crippen molar-refractivity contribution in [2.75, 3.05) is 6.54 Å². The maximum absolute atomic E-state index is 11.8. The highest BCUT2D eigenvalue weighted by molar-refractivity contribution is 5.82. The number of nitrogens with zero attached hydrogens (tertiary/aromatic N) is 1. The number of carbonyl (C=O) groups is 1. The van der Waals surface area contributed by atoms with Crippen LogP contribution >= 0.6 is 0 Å². The molecule has 0 aromatic heterocycles. The summed E-state index contributed by atoms with van der Waals surface area (Å²) in [5.74, 6) is 0.361. The summed E-state index contributed by atoms with van der Waals surface area (Å²) >= 11 is 0. The third kappa shape index (κ3) is 2.21. The molecule has 1 fully saturated rings. The third-order valence-corrected chi connectivity index (χ3v) is 2.84. The number of hydrogen-bond donors (Lipinski definition) is 1. The van der Waals surface area contributed by atoms with Gasteiger partial charge >= 0.3 is 0 Å². The Bertz CT molecular complexity index is 191. The quantitative estimate of drug-likeness (QED) is 0.695. The lowest BCUT2D eigenvalue weighted by Crippen LogP contribution is -2.47. The molecule has 3 heteroatoms. The largest absolute Gasteiger partial charge is 0.339 e. The average molecular weight is 184 g/mol. The van der Waals surface area contributed by atoms with Crippen molar-refractivity contribution in [3.8, 4) is 0 Å². The number of amides is 1. The molecule has 1 unspecified atom stereocenters. The van der Waals surface area contributed by atoms with Crippen LogP contribution in [0.1, 0.15) is 33.6 Å². The molecule has 1 saturated heterocycles. The van der Waals surface area contributed by atoms with Gasteiger partial charge in [-0.3, -0.25) is 4.79 Å². The van der Waals surface area contributed by atoms with Gasteiger partial charge in [0.15, 0.2) is 0 Å². The lowest BCUT2D eigenvalue weighted by atomic mass is 10.0. The predicted molar refractivity (Wildman–Crippen MR) is 53.2 cm³/mol. The molecular weight excluding hydrogens is 164 g/mol. The van der Waals surface area contributed by atoms with Crippen LogP contribution in [0.5, 0.6) is 0 Å². The van der Waals surface area contributed by atoms with Gasteiger partial charge in [-0.1, -0.05) is 13.8 Å². The van der Waals surface area contributed by atoms with E-state index in [4.69, 9.17) is 5.73 Å². The molecule has 76 valence electrons. The van der Waals surface area contributed by atoms with Crippen LogP contribution in [0.4, 0.5) is 0 Å². The molecule has 0 radical (unpaired) electrons. The van der Waals surface area contributed by atoms with E-state index >= 15 is 0 Å². The molecule has 0 bridgehead atoms. The Morgan fingerprint density at radius 2 is 2.15 bits per heavy atom. The first-order valence-electron chi connectivity index (χ1n) is 5.10. The van der Waals surface area contributed by atoms with E-state index < -0.39 is 0 Å². The minimum absolute atomic E-state index is 0.125. The summed E-state index contributed by atoms with van der Waals surface area (Å²) in [6, 6.07) is 0.0675. The van der Waals surface area contributed by atoms with Gasteiger partial charge in [0.2, 0.25) is 5.91 Å². The van der Waals surface area contributed by atoms with E-state index in [9.17, 15) is 4.79 Å². The molecule has 13 heavy (non-hydrogen) atoms. The average Bonchev–Trinajstić information content (AvgIpc) is 2.48. The normalized spacial score (nSPS) is 25.3. The second kappa shape index (κ2) is 4.09. The molecule has 1 aliphatic rings. The monoisotopic (exact) mass is 184 g/mol. The molecule has 0 spiro atoms. The zero-order chi connectivity index (χ0) is 10.0. The van der Waals surface area contributed by atoms with Crippen molar-refractivity contribution in [2.45, 2.75) is 45.7 Å². The van der Waals surface area contributed by atoms with Crippen LogP contribution in [0.2, 0.25) is 0 Å². The molecule has 1 heterocycles. The van der Waals surface area contributed by atoms with Gasteiger partial charge in [0.25, 0.3) is 0 Å². The van der Waals surface area contributed by atoms with Crippen molar-refractivity contribution < 1.29 is 4.79 Å². The Labute approximate surface area is 80.3 Å². The Morgan fingerprint density at radius 3 is 2.54 bits per heavy atom. The summed E-state index contributed by atoms with van der Waals surface area (Å²) in [5, 5.41) is 0. The SMILES string of the molecule is CC(C)[C@H](N)C(=O)N1CCCC1C. The van der Waals surface area contributed by atoms with Crippen molar-refractivity contribution in [3.05, 3.63) is 0 Å². The number of carbonyl (C=O) groups excluding carboxylic acids is 1. The Kier molecular flexibility index (Phi) is 3.31. The summed E-state index contributed by atoms with van der Waals surface area (Å²) in [7, 11) is 0. The number of nitrogens with two attached hydrogens (primary N) is 1. The molecule has 1 rings (SSSR count). The van der Waals surface area contributed by atoms with Crippen molar-refractivity contribution in [1.82, 2.24) is 4.90 Å². The van der Waals surface area contributed by atoms with Crippen LogP contribution in [-0.4, -0.2) is 29.4 Å². The van der Waals surface area contributed by atoms with Gasteiger partial charge < -0.3 is 10.6 Å². The predicted octanol–water partition coefficient (Wildman–Crippen LogP) is 0.981. The lowest BCUT2D eigenvalue weighted by Gasteiger charge is -2.26. The molecule has 1 amide bonds. The topological polar surface area (TPSA) is 46.3 Å². The number of likely N-dealkylation sites (tertiary alicyclic amines) is 1. The number of rotatable bonds is 2. The van der Waals surface area contributed by atoms with Crippen LogP contribution in [0, 0.1) is 5.92 Å². The smallest absolute Gasteiger partial charge is 0.239 e. The number of hydrogen-bond acceptors (Lipinski definition) is 2. The van der Waals surface area contributed by atoms with E-state index in [2.05, 4.69) is 6.92 Å². The standard InChI is InChI=1S/C10H20N2O/c1-7(2)9(11)10(13)12-6-4-5-8(12)3/h7-9H,4-6,11H2,1-3H3/t8?,9-/m0/s1. The minimum Gasteiger partial charge on any atom is -0.339 e. The fourth-order valence-corrected chi connectivity index (χ4v) is 1.74. The van der Waals surface area contributed by atoms with E-state index in [1.54, 1.807) is 0 Å². The van der Waals surface area contributed by atoms with Crippen molar-refractivity contribution in [2.24, 2.45) is 11.7 Å². The second-order valence-electron chi connectivity index (χ2n) is 4.29. The Hall–Kier alpha value is -0.570. The molecule has 0 aromatic carbocycles. The summed E-state index contributed by atoms with van der Waals surface area (Å²) in [6.07, 6.45) is 2.24. The molecule has 0 aliphatic carbocycles. The maximum atomic E-state index is 11.8. The highest BCUT2D eigenvalue weighted by Gasteiger charge is 2.29. The zero-order valence-corrected chi connectivity index (χ0v) is 8.79. The van der Waals surface area contributed by atoms with E-state index in [1.165, 1.54) is 0 Å². The molecule has 1 aliphatic heterocycles. The first kappa shape index (κ1) is 10.5. The Balaban J connectivity index is 2.56. The Morgan fingerprint density at radius 1 is 1.54 bits per heavy atom. The van der Waals surface area contributed by atoms with Crippen molar-refractivity contribution in [3.63, 3.8) is 0 Å². The van der Waals surface area contributed by atoms with Gasteiger partial charge in [-0.2, -0.15) is 0 Å². The fraction of sp³-hybridized carbons (Fsp3) is 0.900. The molecule has 2 N–H and O–H groups in total. The fourth-order valence-electron chi connectivity index (χ4n) is 1.74. The summed E-state index contributed by atoms with van der Waals surface area (Å²) in [5.41, 5.74) is 5.81. The highest BCUT2D eigenvalue weighted by Crippen LogP contribution is 2.18. The molecule has 0 saturated carbocycles. The summed E-state index contributed by atoms with van der Waals surface area (Å²) in [6.45, 7) is 6.96. The molecular formula is C10H20N2O. The summed E-state index contributed by atoms with van der Waals surface area (Å²) in [4.78, 5) is 13.7. The van der Waals surface area contributed by atoms with Gasteiger partial charge in [-0.15, -0.1) is 0 Å². The van der Waals surface area contributed by atoms with Crippen LogP contribution in [0.15, 0.2) is 0 Å². The second-order valence-corrected chi connectivity index (χ2v) is 4.29. The summed E-state index contributed by atoms with van der Waals surface area (Å²) < 4.78 is 0. The lowest BCUT2D eigenvalue weighted by molar-refractivity contribution is -0.134. The van der Waals surface area contributed by atoms with Gasteiger partial charge in [0.1, 0.15) is 0 Å². The van der Waals surface area contributed by atoms with E-state index in [-0.39, 0.29) is 17.9 Å². The van der Waals surface area contributed by atoms with Crippen LogP contribution < -0.4 is 5.73 Å². The first-order valence-corrected chi connectivity index (χ1v) is 5.10. The van der Waals surface area contributed by atoms with E-state index in [1.807, 2.05) is 18.7 Å². The van der Waals surface area contributed by atoms with Crippen molar-refractivity contribution in [1.29, 1.82) is 0 Å². The molecule has 0 aromatic rings. The van der Waals surface area contributed by atoms with Gasteiger partial charge in [-0.05, 0) is 25.7 Å². The van der Waals surface area contributed by atoms with Gasteiger partial charge in [0, 0.05) is 12.6 Å². The molecule has 2 atom stereocenters. The van der Waals surface area contributed by atoms with Crippen LogP contribution in [-0.2, 0) is 4.79 Å². The third-order valence-electron chi connectivity index (χ3n) is 2.84. The van der Waals surface area contributed by atoms with E-state index in [0.29, 0.717) is 6.04 Å². The van der Waals surface area contributed by atoms with Crippen LogP contribution in [0.25, 0.3) is 0 Å². The van der Waals surface area contributed by atoms with Gasteiger partial charge in [-0.25, -0.2) is 0 Å². The minimum atomic E-state index is -0.319. The van der Waals surface area contributed by atoms with E-state index in [0.717, 1.165) is 19.4 Å². The highest BCUT2D eigenvalue weighted by atomic mass is 16.2. The first-order chi connectivity index (χ1) is 6.04. The zero-order valence-electron chi connectivity index (χ0n) is 8.79. The van der Waals surface area contributed by atoms with Gasteiger partial charge in [0.05, 0.1) is 6.04 Å². The van der Waals surface area contributed by atoms with Crippen LogP contribution in [0.3, 0.4) is 0 Å².